The Balaban J connectivity index is 1.52. The second-order valence-electron chi connectivity index (χ2n) is 7.31. The first-order valence-electron chi connectivity index (χ1n) is 9.99. The number of rotatable bonds is 7. The number of hydrogen-bond donors (Lipinski definition) is 2. The minimum atomic E-state index is -0.378. The second kappa shape index (κ2) is 10.5. The lowest BCUT2D eigenvalue weighted by atomic mass is 9.88. The van der Waals surface area contributed by atoms with Gasteiger partial charge in [0.15, 0.2) is 5.11 Å². The van der Waals surface area contributed by atoms with Gasteiger partial charge in [0.05, 0.1) is 19.3 Å². The van der Waals surface area contributed by atoms with Crippen LogP contribution in [0.15, 0.2) is 30.3 Å². The number of anilines is 1. The maximum Gasteiger partial charge on any atom is 0.341 e. The van der Waals surface area contributed by atoms with Gasteiger partial charge < -0.3 is 20.1 Å². The molecule has 8 heteroatoms. The highest BCUT2D eigenvalue weighted by Crippen LogP contribution is 2.40. The van der Waals surface area contributed by atoms with E-state index >= 15 is 0 Å². The zero-order valence-electron chi connectivity index (χ0n) is 17.2. The van der Waals surface area contributed by atoms with Crippen molar-refractivity contribution < 1.29 is 19.1 Å². The number of hydrogen-bond acceptors (Lipinski definition) is 6. The lowest BCUT2D eigenvalue weighted by molar-refractivity contribution is -0.119. The molecule has 1 aromatic heterocycles. The van der Waals surface area contributed by atoms with Crippen LogP contribution in [0.3, 0.4) is 0 Å². The van der Waals surface area contributed by atoms with Gasteiger partial charge in [-0.15, -0.1) is 11.3 Å². The highest BCUT2D eigenvalue weighted by atomic mass is 32.1. The molecule has 30 heavy (non-hydrogen) atoms. The highest BCUT2D eigenvalue weighted by molar-refractivity contribution is 7.80. The van der Waals surface area contributed by atoms with Gasteiger partial charge in [-0.05, 0) is 61.5 Å². The monoisotopic (exact) mass is 446 g/mol. The van der Waals surface area contributed by atoms with E-state index < -0.39 is 0 Å². The molecule has 0 aliphatic heterocycles. The topological polar surface area (TPSA) is 76.7 Å². The summed E-state index contributed by atoms with van der Waals surface area (Å²) in [6, 6.07) is 9.47. The molecule has 0 bridgehead atoms. The number of ether oxygens (including phenoxy) is 2. The molecule has 1 amide bonds. The Morgan fingerprint density at radius 3 is 2.77 bits per heavy atom. The van der Waals surface area contributed by atoms with Crippen LogP contribution in [-0.2, 0) is 22.4 Å². The Morgan fingerprint density at radius 2 is 2.03 bits per heavy atom. The van der Waals surface area contributed by atoms with E-state index in [1.807, 2.05) is 30.3 Å². The number of benzene rings is 1. The number of carbonyl (C=O) groups is 2. The molecule has 0 radical (unpaired) electrons. The van der Waals surface area contributed by atoms with Gasteiger partial charge in [0.1, 0.15) is 10.8 Å². The lowest BCUT2D eigenvalue weighted by Crippen LogP contribution is -2.34. The SMILES string of the molecule is COC(=O)c1c(NC(=S)NC(=O)CCCOc2ccccc2)sc2c1CCC(C)C2. The number of methoxy groups -OCH3 is 1. The normalized spacial score (nSPS) is 15.1. The molecule has 0 fully saturated rings. The highest BCUT2D eigenvalue weighted by Gasteiger charge is 2.28. The molecule has 1 aliphatic rings. The third-order valence-electron chi connectivity index (χ3n) is 4.94. The third kappa shape index (κ3) is 5.79. The molecule has 1 unspecified atom stereocenters. The van der Waals surface area contributed by atoms with E-state index in [0.29, 0.717) is 29.5 Å². The maximum absolute atomic E-state index is 12.3. The van der Waals surface area contributed by atoms with Gasteiger partial charge >= 0.3 is 5.97 Å². The smallest absolute Gasteiger partial charge is 0.341 e. The molecule has 3 rings (SSSR count). The molecule has 6 nitrogen and oxygen atoms in total. The Bertz CT molecular complexity index is 911. The predicted molar refractivity (Wildman–Crippen MR) is 122 cm³/mol. The van der Waals surface area contributed by atoms with Crippen molar-refractivity contribution in [2.75, 3.05) is 19.0 Å². The summed E-state index contributed by atoms with van der Waals surface area (Å²) in [5, 5.41) is 6.53. The van der Waals surface area contributed by atoms with Gasteiger partial charge in [0.2, 0.25) is 5.91 Å². The van der Waals surface area contributed by atoms with E-state index in [0.717, 1.165) is 30.6 Å². The van der Waals surface area contributed by atoms with Crippen LogP contribution in [-0.4, -0.2) is 30.7 Å². The maximum atomic E-state index is 12.3. The largest absolute Gasteiger partial charge is 0.494 e. The Kier molecular flexibility index (Phi) is 7.81. The number of esters is 1. The van der Waals surface area contributed by atoms with E-state index in [-0.39, 0.29) is 23.4 Å². The van der Waals surface area contributed by atoms with Gasteiger partial charge in [0.25, 0.3) is 0 Å². The van der Waals surface area contributed by atoms with Crippen LogP contribution in [0.5, 0.6) is 5.75 Å². The van der Waals surface area contributed by atoms with Crippen LogP contribution >= 0.6 is 23.6 Å². The van der Waals surface area contributed by atoms with Crippen LogP contribution in [0.25, 0.3) is 0 Å². The molecule has 0 saturated carbocycles. The van der Waals surface area contributed by atoms with Crippen molar-refractivity contribution in [2.24, 2.45) is 5.92 Å². The van der Waals surface area contributed by atoms with Crippen molar-refractivity contribution in [3.05, 3.63) is 46.3 Å². The van der Waals surface area contributed by atoms with Crippen LogP contribution in [0.1, 0.15) is 47.0 Å². The first-order chi connectivity index (χ1) is 14.5. The van der Waals surface area contributed by atoms with Crippen molar-refractivity contribution in [3.8, 4) is 5.75 Å². The number of carbonyl (C=O) groups excluding carboxylic acids is 2. The van der Waals surface area contributed by atoms with Crippen molar-refractivity contribution in [2.45, 2.75) is 39.0 Å². The van der Waals surface area contributed by atoms with Gasteiger partial charge in [-0.3, -0.25) is 4.79 Å². The van der Waals surface area contributed by atoms with E-state index in [9.17, 15) is 9.59 Å². The zero-order valence-corrected chi connectivity index (χ0v) is 18.8. The minimum Gasteiger partial charge on any atom is -0.494 e. The predicted octanol–water partition coefficient (Wildman–Crippen LogP) is 4.33. The molecular formula is C22H26N2O4S2. The molecule has 1 atom stereocenters. The molecule has 2 N–H and O–H groups in total. The number of fused-ring (bicyclic) bond motifs is 1. The van der Waals surface area contributed by atoms with E-state index in [2.05, 4.69) is 17.6 Å². The summed E-state index contributed by atoms with van der Waals surface area (Å²) in [5.74, 6) is 0.788. The lowest BCUT2D eigenvalue weighted by Gasteiger charge is -2.18. The molecule has 160 valence electrons. The molecule has 0 spiro atoms. The summed E-state index contributed by atoms with van der Waals surface area (Å²) in [7, 11) is 1.37. The van der Waals surface area contributed by atoms with Crippen LogP contribution in [0.4, 0.5) is 5.00 Å². The molecule has 1 aliphatic carbocycles. The molecule has 1 aromatic carbocycles. The van der Waals surface area contributed by atoms with Crippen molar-refractivity contribution in [1.82, 2.24) is 5.32 Å². The van der Waals surface area contributed by atoms with E-state index in [4.69, 9.17) is 21.7 Å². The second-order valence-corrected chi connectivity index (χ2v) is 8.83. The van der Waals surface area contributed by atoms with E-state index in [1.165, 1.54) is 23.3 Å². The fourth-order valence-electron chi connectivity index (χ4n) is 3.42. The summed E-state index contributed by atoms with van der Waals surface area (Å²) < 4.78 is 10.6. The van der Waals surface area contributed by atoms with Crippen LogP contribution < -0.4 is 15.4 Å². The summed E-state index contributed by atoms with van der Waals surface area (Å²) in [5.41, 5.74) is 1.58. The summed E-state index contributed by atoms with van der Waals surface area (Å²) in [4.78, 5) is 25.7. The fraction of sp³-hybridized carbons (Fsp3) is 0.409. The molecule has 0 saturated heterocycles. The van der Waals surface area contributed by atoms with Crippen molar-refractivity contribution >= 4 is 45.5 Å². The number of para-hydroxylation sites is 1. The quantitative estimate of drug-likeness (QED) is 0.375. The average Bonchev–Trinajstić information content (AvgIpc) is 3.07. The molecule has 2 aromatic rings. The number of amides is 1. The Labute approximate surface area is 186 Å². The minimum absolute atomic E-state index is 0.181. The summed E-state index contributed by atoms with van der Waals surface area (Å²) >= 11 is 6.81. The molecule has 1 heterocycles. The molecular weight excluding hydrogens is 420 g/mol. The summed E-state index contributed by atoms with van der Waals surface area (Å²) in [6.45, 7) is 2.65. The van der Waals surface area contributed by atoms with Crippen molar-refractivity contribution in [3.63, 3.8) is 0 Å². The third-order valence-corrected chi connectivity index (χ3v) is 6.32. The van der Waals surface area contributed by atoms with Crippen LogP contribution in [0, 0.1) is 5.92 Å². The standard InChI is InChI=1S/C22H26N2O4S2/c1-14-10-11-16-17(13-14)30-20(19(16)21(26)27-2)24-22(29)23-18(25)9-6-12-28-15-7-4-3-5-8-15/h3-5,7-8,14H,6,9-13H2,1-2H3,(H2,23,24,25,29). The van der Waals surface area contributed by atoms with Gasteiger partial charge in [0, 0.05) is 11.3 Å². The first kappa shape index (κ1) is 22.2. The zero-order chi connectivity index (χ0) is 21.5. The number of nitrogens with one attached hydrogen (secondary N) is 2. The summed E-state index contributed by atoms with van der Waals surface area (Å²) in [6.07, 6.45) is 3.68. The Hall–Kier alpha value is -2.45. The average molecular weight is 447 g/mol. The van der Waals surface area contributed by atoms with Gasteiger partial charge in [-0.1, -0.05) is 25.1 Å². The van der Waals surface area contributed by atoms with Gasteiger partial charge in [-0.2, -0.15) is 0 Å². The van der Waals surface area contributed by atoms with Crippen LogP contribution in [0.2, 0.25) is 0 Å². The van der Waals surface area contributed by atoms with E-state index in [1.54, 1.807) is 0 Å². The van der Waals surface area contributed by atoms with Crippen molar-refractivity contribution in [1.29, 1.82) is 0 Å². The first-order valence-corrected chi connectivity index (χ1v) is 11.2. The Morgan fingerprint density at radius 1 is 1.27 bits per heavy atom. The number of thiophene rings is 1. The van der Waals surface area contributed by atoms with Gasteiger partial charge in [-0.25, -0.2) is 4.79 Å². The fourth-order valence-corrected chi connectivity index (χ4v) is 5.10. The number of thiocarbonyl (C=S) groups is 1.